The molecule has 2 aliphatic carbocycles. The number of rotatable bonds is 7. The number of halogens is 2. The van der Waals surface area contributed by atoms with E-state index in [9.17, 15) is 14.7 Å². The number of fused-ring (bicyclic) bond motifs is 2. The Kier molecular flexibility index (Phi) is 6.40. The van der Waals surface area contributed by atoms with Crippen molar-refractivity contribution in [2.75, 3.05) is 13.7 Å². The summed E-state index contributed by atoms with van der Waals surface area (Å²) in [7, 11) is 1.54. The van der Waals surface area contributed by atoms with E-state index >= 15 is 8.78 Å². The molecule has 8 heteroatoms. The predicted octanol–water partition coefficient (Wildman–Crippen LogP) is 6.51. The van der Waals surface area contributed by atoms with E-state index in [4.69, 9.17) is 9.47 Å². The van der Waals surface area contributed by atoms with Crippen LogP contribution in [0.5, 0.6) is 11.5 Å². The van der Waals surface area contributed by atoms with Crippen molar-refractivity contribution in [1.29, 1.82) is 0 Å². The van der Waals surface area contributed by atoms with Crippen LogP contribution in [0.4, 0.5) is 8.78 Å². The van der Waals surface area contributed by atoms with Gasteiger partial charge >= 0.3 is 5.97 Å². The zero-order chi connectivity index (χ0) is 29.1. The van der Waals surface area contributed by atoms with Crippen LogP contribution in [-0.4, -0.2) is 30.6 Å². The van der Waals surface area contributed by atoms with Crippen LogP contribution in [0.2, 0.25) is 0 Å². The van der Waals surface area contributed by atoms with E-state index in [1.165, 1.54) is 18.2 Å². The second-order valence-electron chi connectivity index (χ2n) is 11.8. The quantitative estimate of drug-likeness (QED) is 0.345. The Labute approximate surface area is 237 Å². The number of hydrogen-bond donors (Lipinski definition) is 2. The van der Waals surface area contributed by atoms with Crippen LogP contribution < -0.4 is 14.8 Å². The van der Waals surface area contributed by atoms with E-state index in [0.29, 0.717) is 11.3 Å². The van der Waals surface area contributed by atoms with Crippen molar-refractivity contribution in [3.63, 3.8) is 0 Å². The molecule has 3 aliphatic rings. The molecular formula is C33H31F2NO5. The number of aliphatic carboxylic acids is 1. The molecule has 0 saturated heterocycles. The Morgan fingerprint density at radius 3 is 2.51 bits per heavy atom. The van der Waals surface area contributed by atoms with E-state index in [2.05, 4.69) is 25.2 Å². The normalized spacial score (nSPS) is 22.1. The van der Waals surface area contributed by atoms with Crippen LogP contribution in [0, 0.1) is 23.0 Å². The van der Waals surface area contributed by atoms with Gasteiger partial charge in [0.2, 0.25) is 0 Å². The van der Waals surface area contributed by atoms with Crippen molar-refractivity contribution in [3.05, 3.63) is 88.5 Å². The van der Waals surface area contributed by atoms with Crippen LogP contribution in [0.25, 0.3) is 16.7 Å². The summed E-state index contributed by atoms with van der Waals surface area (Å²) in [5, 5.41) is 12.3. The number of amides is 1. The van der Waals surface area contributed by atoms with Gasteiger partial charge in [0.1, 0.15) is 18.2 Å². The number of carbonyl (C=O) groups excluding carboxylic acids is 1. The Balaban J connectivity index is 1.36. The van der Waals surface area contributed by atoms with Crippen LogP contribution >= 0.6 is 0 Å². The lowest BCUT2D eigenvalue weighted by Gasteiger charge is -2.27. The third-order valence-corrected chi connectivity index (χ3v) is 8.87. The molecule has 1 fully saturated rings. The maximum absolute atomic E-state index is 15.9. The lowest BCUT2D eigenvalue weighted by atomic mass is 9.79. The first-order chi connectivity index (χ1) is 19.6. The van der Waals surface area contributed by atoms with Gasteiger partial charge < -0.3 is 19.9 Å². The fourth-order valence-corrected chi connectivity index (χ4v) is 6.47. The fraction of sp³-hybridized carbons (Fsp3) is 0.333. The Hall–Kier alpha value is -4.20. The van der Waals surface area contributed by atoms with Crippen molar-refractivity contribution in [2.45, 2.75) is 45.1 Å². The van der Waals surface area contributed by atoms with E-state index < -0.39 is 29.0 Å². The third kappa shape index (κ3) is 4.46. The molecule has 41 heavy (non-hydrogen) atoms. The van der Waals surface area contributed by atoms with E-state index in [1.54, 1.807) is 19.2 Å². The Bertz CT molecular complexity index is 1630. The molecule has 212 valence electrons. The number of ether oxygens (including phenoxy) is 2. The van der Waals surface area contributed by atoms with Gasteiger partial charge in [-0.15, -0.1) is 0 Å². The lowest BCUT2D eigenvalue weighted by molar-refractivity contribution is -0.139. The molecule has 1 saturated carbocycles. The maximum Gasteiger partial charge on any atom is 0.307 e. The molecule has 2 N–H and O–H groups in total. The zero-order valence-electron chi connectivity index (χ0n) is 23.1. The maximum atomic E-state index is 15.9. The molecule has 1 aliphatic heterocycles. The summed E-state index contributed by atoms with van der Waals surface area (Å²) in [5.41, 5.74) is 3.09. The van der Waals surface area contributed by atoms with Gasteiger partial charge in [-0.1, -0.05) is 32.1 Å². The topological polar surface area (TPSA) is 84.9 Å². The average Bonchev–Trinajstić information content (AvgIpc) is 3.57. The number of benzene rings is 3. The summed E-state index contributed by atoms with van der Waals surface area (Å²) in [5.74, 6) is -2.75. The third-order valence-electron chi connectivity index (χ3n) is 8.87. The van der Waals surface area contributed by atoms with Gasteiger partial charge in [0.05, 0.1) is 13.0 Å². The van der Waals surface area contributed by atoms with Crippen LogP contribution in [0.15, 0.2) is 54.6 Å². The number of methoxy groups -OCH3 is 1. The van der Waals surface area contributed by atoms with E-state index in [0.717, 1.165) is 35.1 Å². The van der Waals surface area contributed by atoms with Gasteiger partial charge in [-0.25, -0.2) is 8.78 Å². The summed E-state index contributed by atoms with van der Waals surface area (Å²) in [6, 6.07) is 13.2. The SMILES string of the molecule is COc1ccc(F)c(-c2ccc(COc3ccc4c(c3F)[C@]3(CNC4=O)C[C@H]3C(=O)O)cc2C2=CCCC2(C)C)c1. The molecule has 1 amide bonds. The first-order valence-corrected chi connectivity index (χ1v) is 13.7. The van der Waals surface area contributed by atoms with Crippen molar-refractivity contribution in [2.24, 2.45) is 11.3 Å². The number of carboxylic acids is 1. The molecule has 1 spiro atoms. The molecule has 1 heterocycles. The smallest absolute Gasteiger partial charge is 0.307 e. The van der Waals surface area contributed by atoms with Gasteiger partial charge in [-0.05, 0) is 83.3 Å². The van der Waals surface area contributed by atoms with Gasteiger partial charge in [-0.2, -0.15) is 0 Å². The summed E-state index contributed by atoms with van der Waals surface area (Å²) in [6.07, 6.45) is 4.32. The van der Waals surface area contributed by atoms with Gasteiger partial charge in [0.15, 0.2) is 11.6 Å². The standard InChI is InChI=1S/C33H31F2NO5/c1-32(2)12-4-5-24(32)22-13-18(6-8-20(22)23-14-19(40-3)7-10-26(23)34)16-41-27-11-9-21-28(29(27)35)33(17-36-30(21)37)15-25(33)31(38)39/h5-11,13-14,25H,4,12,15-17H2,1-3H3,(H,36,37)(H,38,39)/t25-,33-/m0/s1. The number of carbonyl (C=O) groups is 2. The Morgan fingerprint density at radius 1 is 1.05 bits per heavy atom. The van der Waals surface area contributed by atoms with Crippen molar-refractivity contribution < 1.29 is 33.0 Å². The minimum absolute atomic E-state index is 0.0266. The van der Waals surface area contributed by atoms with Gasteiger partial charge in [-0.3, -0.25) is 9.59 Å². The van der Waals surface area contributed by atoms with Crippen LogP contribution in [0.3, 0.4) is 0 Å². The molecule has 0 aromatic heterocycles. The van der Waals surface area contributed by atoms with Gasteiger partial charge in [0, 0.05) is 28.7 Å². The lowest BCUT2D eigenvalue weighted by Crippen LogP contribution is -2.41. The molecule has 0 unspecified atom stereocenters. The van der Waals surface area contributed by atoms with Crippen LogP contribution in [0.1, 0.15) is 60.2 Å². The summed E-state index contributed by atoms with van der Waals surface area (Å²) >= 11 is 0. The van der Waals surface area contributed by atoms with Crippen LogP contribution in [-0.2, 0) is 16.8 Å². The highest BCUT2D eigenvalue weighted by Crippen LogP contribution is 2.57. The molecule has 0 bridgehead atoms. The zero-order valence-corrected chi connectivity index (χ0v) is 23.1. The summed E-state index contributed by atoms with van der Waals surface area (Å²) < 4.78 is 42.2. The number of carboxylic acid groups (broad SMARTS) is 1. The Morgan fingerprint density at radius 2 is 1.83 bits per heavy atom. The minimum atomic E-state index is -1.01. The fourth-order valence-electron chi connectivity index (χ4n) is 6.47. The first kappa shape index (κ1) is 27.0. The van der Waals surface area contributed by atoms with Gasteiger partial charge in [0.25, 0.3) is 5.91 Å². The number of hydrogen-bond acceptors (Lipinski definition) is 4. The molecule has 6 nitrogen and oxygen atoms in total. The summed E-state index contributed by atoms with van der Waals surface area (Å²) in [4.78, 5) is 24.1. The molecule has 0 radical (unpaired) electrons. The molecular weight excluding hydrogens is 528 g/mol. The van der Waals surface area contributed by atoms with Crippen molar-refractivity contribution in [1.82, 2.24) is 5.32 Å². The molecule has 3 aromatic carbocycles. The molecule has 6 rings (SSSR count). The largest absolute Gasteiger partial charge is 0.497 e. The summed E-state index contributed by atoms with van der Waals surface area (Å²) in [6.45, 7) is 4.43. The highest BCUT2D eigenvalue weighted by atomic mass is 19.1. The highest BCUT2D eigenvalue weighted by molar-refractivity contribution is 5.99. The monoisotopic (exact) mass is 559 g/mol. The second-order valence-corrected chi connectivity index (χ2v) is 11.8. The molecule has 2 atom stereocenters. The number of allylic oxidation sites excluding steroid dienone is 2. The first-order valence-electron chi connectivity index (χ1n) is 13.7. The van der Waals surface area contributed by atoms with Crippen molar-refractivity contribution >= 4 is 17.4 Å². The minimum Gasteiger partial charge on any atom is -0.497 e. The molecule has 3 aromatic rings. The predicted molar refractivity (Wildman–Crippen MR) is 150 cm³/mol. The average molecular weight is 560 g/mol. The van der Waals surface area contributed by atoms with Crippen molar-refractivity contribution in [3.8, 4) is 22.6 Å². The number of nitrogens with one attached hydrogen (secondary N) is 1. The highest BCUT2D eigenvalue weighted by Gasteiger charge is 2.63. The van der Waals surface area contributed by atoms with E-state index in [-0.39, 0.29) is 47.7 Å². The second kappa shape index (κ2) is 9.72. The van der Waals surface area contributed by atoms with E-state index in [1.807, 2.05) is 18.2 Å².